The Kier molecular flexibility index (Phi) is 6.60. The molecule has 3 aromatic rings. The fraction of sp³-hybridized carbons (Fsp3) is 0.160. The van der Waals surface area contributed by atoms with Gasteiger partial charge in [0.05, 0.1) is 36.6 Å². The van der Waals surface area contributed by atoms with E-state index in [0.717, 1.165) is 0 Å². The van der Waals surface area contributed by atoms with Crippen molar-refractivity contribution in [3.63, 3.8) is 0 Å². The van der Waals surface area contributed by atoms with Crippen LogP contribution >= 0.6 is 11.6 Å². The number of nitrogens with one attached hydrogen (secondary N) is 1. The molecule has 0 unspecified atom stereocenters. The van der Waals surface area contributed by atoms with Gasteiger partial charge < -0.3 is 14.8 Å². The molecule has 4 rings (SSSR count). The highest BCUT2D eigenvalue weighted by molar-refractivity contribution is 6.36. The summed E-state index contributed by atoms with van der Waals surface area (Å²) in [6.07, 6.45) is 1.62. The predicted molar refractivity (Wildman–Crippen MR) is 126 cm³/mol. The molecule has 7 nitrogen and oxygen atoms in total. The molecule has 168 valence electrons. The van der Waals surface area contributed by atoms with Gasteiger partial charge in [-0.2, -0.15) is 0 Å². The zero-order valence-electron chi connectivity index (χ0n) is 18.2. The summed E-state index contributed by atoms with van der Waals surface area (Å²) in [4.78, 5) is 32.2. The molecule has 1 N–H and O–H groups in total. The van der Waals surface area contributed by atoms with Gasteiger partial charge in [-0.1, -0.05) is 29.8 Å². The van der Waals surface area contributed by atoms with Gasteiger partial charge >= 0.3 is 0 Å². The monoisotopic (exact) mass is 463 g/mol. The van der Waals surface area contributed by atoms with Gasteiger partial charge in [0.1, 0.15) is 17.2 Å². The van der Waals surface area contributed by atoms with Crippen molar-refractivity contribution in [2.24, 2.45) is 0 Å². The van der Waals surface area contributed by atoms with Crippen LogP contribution in [0.5, 0.6) is 11.5 Å². The van der Waals surface area contributed by atoms with Gasteiger partial charge in [0, 0.05) is 11.9 Å². The summed E-state index contributed by atoms with van der Waals surface area (Å²) >= 11 is 6.25. The number of halogens is 1. The zero-order valence-corrected chi connectivity index (χ0v) is 18.9. The van der Waals surface area contributed by atoms with E-state index < -0.39 is 11.8 Å². The second kappa shape index (κ2) is 9.75. The maximum absolute atomic E-state index is 13.4. The minimum atomic E-state index is -0.443. The van der Waals surface area contributed by atoms with Crippen molar-refractivity contribution in [2.45, 2.75) is 13.5 Å². The van der Waals surface area contributed by atoms with E-state index in [2.05, 4.69) is 10.3 Å². The van der Waals surface area contributed by atoms with Gasteiger partial charge in [0.2, 0.25) is 0 Å². The summed E-state index contributed by atoms with van der Waals surface area (Å²) in [7, 11) is 1.52. The molecular weight excluding hydrogens is 442 g/mol. The summed E-state index contributed by atoms with van der Waals surface area (Å²) in [6, 6.07) is 17.5. The Balaban J connectivity index is 1.72. The van der Waals surface area contributed by atoms with Gasteiger partial charge in [-0.25, -0.2) is 0 Å². The lowest BCUT2D eigenvalue weighted by Crippen LogP contribution is -2.32. The van der Waals surface area contributed by atoms with E-state index in [0.29, 0.717) is 40.1 Å². The van der Waals surface area contributed by atoms with Crippen molar-refractivity contribution in [1.82, 2.24) is 9.88 Å². The van der Waals surface area contributed by atoms with Crippen LogP contribution in [0.1, 0.15) is 18.2 Å². The van der Waals surface area contributed by atoms with E-state index in [1.165, 1.54) is 12.0 Å². The summed E-state index contributed by atoms with van der Waals surface area (Å²) in [5.74, 6) is 0.340. The predicted octanol–water partition coefficient (Wildman–Crippen LogP) is 4.53. The molecule has 2 heterocycles. The van der Waals surface area contributed by atoms with Crippen LogP contribution in [0.3, 0.4) is 0 Å². The molecule has 0 bridgehead atoms. The van der Waals surface area contributed by atoms with E-state index in [1.807, 2.05) is 13.0 Å². The Morgan fingerprint density at radius 3 is 2.45 bits per heavy atom. The number of anilines is 1. The van der Waals surface area contributed by atoms with Crippen LogP contribution in [-0.4, -0.2) is 35.4 Å². The Morgan fingerprint density at radius 1 is 1.03 bits per heavy atom. The summed E-state index contributed by atoms with van der Waals surface area (Å²) in [6.45, 7) is 2.49. The molecule has 1 aliphatic heterocycles. The Morgan fingerprint density at radius 2 is 1.82 bits per heavy atom. The first-order valence-electron chi connectivity index (χ1n) is 10.4. The van der Waals surface area contributed by atoms with Crippen molar-refractivity contribution >= 4 is 34.7 Å². The second-order valence-electron chi connectivity index (χ2n) is 7.20. The van der Waals surface area contributed by atoms with Crippen molar-refractivity contribution in [2.75, 3.05) is 19.0 Å². The molecular formula is C25H22ClN3O4. The number of methoxy groups -OCH3 is 1. The summed E-state index contributed by atoms with van der Waals surface area (Å²) in [5, 5.41) is 3.48. The van der Waals surface area contributed by atoms with Gasteiger partial charge in [0.15, 0.2) is 0 Å². The number of carbonyl (C=O) groups excluding carboxylic acids is 2. The molecule has 0 fully saturated rings. The van der Waals surface area contributed by atoms with Crippen LogP contribution in [0.2, 0.25) is 5.02 Å². The van der Waals surface area contributed by atoms with Gasteiger partial charge in [-0.05, 0) is 55.0 Å². The van der Waals surface area contributed by atoms with Crippen molar-refractivity contribution < 1.29 is 19.1 Å². The molecule has 0 aliphatic carbocycles. The maximum atomic E-state index is 13.4. The third kappa shape index (κ3) is 4.68. The molecule has 0 radical (unpaired) electrons. The molecule has 2 aromatic carbocycles. The number of carbonyl (C=O) groups is 2. The van der Waals surface area contributed by atoms with E-state index in [-0.39, 0.29) is 17.8 Å². The average molecular weight is 464 g/mol. The van der Waals surface area contributed by atoms with Crippen LogP contribution < -0.4 is 14.8 Å². The molecule has 33 heavy (non-hydrogen) atoms. The fourth-order valence-corrected chi connectivity index (χ4v) is 3.79. The van der Waals surface area contributed by atoms with Crippen LogP contribution in [0.15, 0.2) is 72.6 Å². The standard InChI is InChI=1S/C25H22ClN3O4/c1-3-33-19-10-7-16(8-11-19)22-23(28-17-9-12-21(32-2)20(26)14-17)25(31)29(24(22)30)15-18-6-4-5-13-27-18/h4-14,28H,3,15H2,1-2H3. The third-order valence-corrected chi connectivity index (χ3v) is 5.38. The van der Waals surface area contributed by atoms with E-state index in [4.69, 9.17) is 21.1 Å². The van der Waals surface area contributed by atoms with Crippen molar-refractivity contribution in [3.8, 4) is 11.5 Å². The number of rotatable bonds is 8. The van der Waals surface area contributed by atoms with Crippen LogP contribution in [0, 0.1) is 0 Å². The lowest BCUT2D eigenvalue weighted by molar-refractivity contribution is -0.137. The van der Waals surface area contributed by atoms with Crippen LogP contribution in [-0.2, 0) is 16.1 Å². The molecule has 0 saturated heterocycles. The Hall–Kier alpha value is -3.84. The number of hydrogen-bond donors (Lipinski definition) is 1. The van der Waals surface area contributed by atoms with Gasteiger partial charge in [-0.3, -0.25) is 19.5 Å². The number of amides is 2. The first-order valence-corrected chi connectivity index (χ1v) is 10.7. The number of hydrogen-bond acceptors (Lipinski definition) is 6. The summed E-state index contributed by atoms with van der Waals surface area (Å²) in [5.41, 5.74) is 2.20. The second-order valence-corrected chi connectivity index (χ2v) is 7.61. The van der Waals surface area contributed by atoms with Crippen molar-refractivity contribution in [1.29, 1.82) is 0 Å². The first-order chi connectivity index (χ1) is 16.0. The van der Waals surface area contributed by atoms with E-state index >= 15 is 0 Å². The van der Waals surface area contributed by atoms with E-state index in [9.17, 15) is 9.59 Å². The molecule has 0 saturated carbocycles. The number of benzene rings is 2. The van der Waals surface area contributed by atoms with Crippen molar-refractivity contribution in [3.05, 3.63) is 88.8 Å². The molecule has 0 atom stereocenters. The molecule has 0 spiro atoms. The number of pyridine rings is 1. The molecule has 1 aliphatic rings. The van der Waals surface area contributed by atoms with Crippen LogP contribution in [0.25, 0.3) is 5.57 Å². The highest BCUT2D eigenvalue weighted by Gasteiger charge is 2.39. The number of imide groups is 1. The minimum absolute atomic E-state index is 0.0631. The van der Waals surface area contributed by atoms with Gasteiger partial charge in [-0.15, -0.1) is 0 Å². The quantitative estimate of drug-likeness (QED) is 0.494. The lowest BCUT2D eigenvalue weighted by atomic mass is 10.0. The van der Waals surface area contributed by atoms with E-state index in [1.54, 1.807) is 60.8 Å². The Bertz CT molecular complexity index is 1210. The smallest absolute Gasteiger partial charge is 0.278 e. The highest BCUT2D eigenvalue weighted by atomic mass is 35.5. The highest BCUT2D eigenvalue weighted by Crippen LogP contribution is 2.34. The molecule has 8 heteroatoms. The molecule has 1 aromatic heterocycles. The van der Waals surface area contributed by atoms with Gasteiger partial charge in [0.25, 0.3) is 11.8 Å². The largest absolute Gasteiger partial charge is 0.495 e. The maximum Gasteiger partial charge on any atom is 0.278 e. The third-order valence-electron chi connectivity index (χ3n) is 5.09. The Labute approximate surface area is 196 Å². The first kappa shape index (κ1) is 22.4. The minimum Gasteiger partial charge on any atom is -0.495 e. The average Bonchev–Trinajstić information content (AvgIpc) is 3.05. The SMILES string of the molecule is CCOc1ccc(C2=C(Nc3ccc(OC)c(Cl)c3)C(=O)N(Cc3ccccn3)C2=O)cc1. The summed E-state index contributed by atoms with van der Waals surface area (Å²) < 4.78 is 10.7. The zero-order chi connectivity index (χ0) is 23.4. The lowest BCUT2D eigenvalue weighted by Gasteiger charge is -2.15. The fourth-order valence-electron chi connectivity index (χ4n) is 3.53. The number of ether oxygens (including phenoxy) is 2. The topological polar surface area (TPSA) is 80.8 Å². The number of aromatic nitrogens is 1. The molecule has 2 amide bonds. The number of nitrogens with zero attached hydrogens (tertiary/aromatic N) is 2. The normalized spacial score (nSPS) is 13.5. The van der Waals surface area contributed by atoms with Crippen LogP contribution in [0.4, 0.5) is 5.69 Å².